The van der Waals surface area contributed by atoms with Gasteiger partial charge in [-0.05, 0) is 31.5 Å². The Morgan fingerprint density at radius 3 is 2.05 bits per heavy atom. The lowest BCUT2D eigenvalue weighted by molar-refractivity contribution is 0.166. The molecule has 1 fully saturated rings. The predicted molar refractivity (Wildman–Crippen MR) is 70.9 cm³/mol. The molecule has 0 bridgehead atoms. The second-order valence-corrected chi connectivity index (χ2v) is 5.04. The highest BCUT2D eigenvalue weighted by Crippen LogP contribution is 2.16. The number of piperazine rings is 1. The zero-order valence-corrected chi connectivity index (χ0v) is 11.7. The monoisotopic (exact) mass is 294 g/mol. The van der Waals surface area contributed by atoms with E-state index >= 15 is 0 Å². The zero-order valence-electron chi connectivity index (χ0n) is 10.9. The van der Waals surface area contributed by atoms with Gasteiger partial charge in [0.2, 0.25) is 0 Å². The van der Waals surface area contributed by atoms with E-state index < -0.39 is 17.5 Å². The van der Waals surface area contributed by atoms with Crippen molar-refractivity contribution in [1.29, 1.82) is 0 Å². The number of nitrogens with one attached hydrogen (secondary N) is 1. The van der Waals surface area contributed by atoms with Crippen LogP contribution in [0.25, 0.3) is 0 Å². The highest BCUT2D eigenvalue weighted by atomic mass is 35.5. The molecule has 1 saturated heterocycles. The number of hydrogen-bond acceptors (Lipinski definition) is 2. The number of rotatable bonds is 2. The molecule has 0 amide bonds. The van der Waals surface area contributed by atoms with Gasteiger partial charge in [-0.1, -0.05) is 0 Å². The van der Waals surface area contributed by atoms with Crippen LogP contribution in [0.4, 0.5) is 13.2 Å². The van der Waals surface area contributed by atoms with Gasteiger partial charge < -0.3 is 5.32 Å². The van der Waals surface area contributed by atoms with Crippen LogP contribution in [0.5, 0.6) is 0 Å². The van der Waals surface area contributed by atoms with Crippen molar-refractivity contribution in [2.75, 3.05) is 13.1 Å². The van der Waals surface area contributed by atoms with Crippen LogP contribution in [0.1, 0.15) is 19.4 Å². The molecule has 0 spiro atoms. The molecule has 1 aromatic rings. The Morgan fingerprint density at radius 1 is 1.11 bits per heavy atom. The van der Waals surface area contributed by atoms with E-state index in [1.165, 1.54) is 0 Å². The molecule has 2 rings (SSSR count). The van der Waals surface area contributed by atoms with Gasteiger partial charge in [-0.15, -0.1) is 12.4 Å². The first kappa shape index (κ1) is 16.3. The lowest BCUT2D eigenvalue weighted by Crippen LogP contribution is -2.53. The highest BCUT2D eigenvalue weighted by molar-refractivity contribution is 5.85. The van der Waals surface area contributed by atoms with E-state index in [-0.39, 0.29) is 12.4 Å². The first-order valence-electron chi connectivity index (χ1n) is 6.07. The molecule has 19 heavy (non-hydrogen) atoms. The molecular weight excluding hydrogens is 277 g/mol. The maximum absolute atomic E-state index is 13.1. The molecule has 1 aliphatic heterocycles. The van der Waals surface area contributed by atoms with Crippen LogP contribution in [-0.2, 0) is 6.54 Å². The van der Waals surface area contributed by atoms with Gasteiger partial charge in [0.15, 0.2) is 17.5 Å². The quantitative estimate of drug-likeness (QED) is 0.844. The molecule has 0 aliphatic carbocycles. The summed E-state index contributed by atoms with van der Waals surface area (Å²) >= 11 is 0. The Kier molecular flexibility index (Phi) is 5.64. The predicted octanol–water partition coefficient (Wildman–Crippen LogP) is 2.71. The van der Waals surface area contributed by atoms with Gasteiger partial charge in [0.05, 0.1) is 0 Å². The largest absolute Gasteiger partial charge is 0.309 e. The maximum atomic E-state index is 13.1. The van der Waals surface area contributed by atoms with E-state index in [0.29, 0.717) is 24.2 Å². The SMILES string of the molecule is CC1CN(Cc2cc(F)c(F)c(F)c2)CC(C)N1.Cl. The van der Waals surface area contributed by atoms with Gasteiger partial charge >= 0.3 is 0 Å². The number of benzene rings is 1. The fourth-order valence-electron chi connectivity index (χ4n) is 2.53. The molecular formula is C13H18ClF3N2. The lowest BCUT2D eigenvalue weighted by atomic mass is 10.1. The molecule has 0 aromatic heterocycles. The minimum atomic E-state index is -1.40. The van der Waals surface area contributed by atoms with E-state index in [1.54, 1.807) is 0 Å². The maximum Gasteiger partial charge on any atom is 0.194 e. The first-order chi connectivity index (χ1) is 8.45. The molecule has 2 atom stereocenters. The summed E-state index contributed by atoms with van der Waals surface area (Å²) in [5, 5.41) is 3.38. The summed E-state index contributed by atoms with van der Waals surface area (Å²) in [6.45, 7) is 6.18. The second-order valence-electron chi connectivity index (χ2n) is 5.04. The van der Waals surface area contributed by atoms with Crippen LogP contribution in [0.15, 0.2) is 12.1 Å². The lowest BCUT2D eigenvalue weighted by Gasteiger charge is -2.36. The number of hydrogen-bond donors (Lipinski definition) is 1. The summed E-state index contributed by atoms with van der Waals surface area (Å²) < 4.78 is 39.0. The first-order valence-corrected chi connectivity index (χ1v) is 6.07. The average molecular weight is 295 g/mol. The van der Waals surface area contributed by atoms with Gasteiger partial charge in [0.1, 0.15) is 0 Å². The molecule has 2 nitrogen and oxygen atoms in total. The van der Waals surface area contributed by atoms with Crippen molar-refractivity contribution < 1.29 is 13.2 Å². The average Bonchev–Trinajstić information content (AvgIpc) is 2.24. The molecule has 1 aliphatic rings. The van der Waals surface area contributed by atoms with E-state index in [0.717, 1.165) is 25.2 Å². The summed E-state index contributed by atoms with van der Waals surface area (Å²) in [7, 11) is 0. The van der Waals surface area contributed by atoms with Crippen molar-refractivity contribution >= 4 is 12.4 Å². The Labute approximate surface area is 117 Å². The Morgan fingerprint density at radius 2 is 1.58 bits per heavy atom. The van der Waals surface area contributed by atoms with Crippen molar-refractivity contribution in [2.24, 2.45) is 0 Å². The van der Waals surface area contributed by atoms with Crippen molar-refractivity contribution in [2.45, 2.75) is 32.5 Å². The van der Waals surface area contributed by atoms with Gasteiger partial charge in [-0.2, -0.15) is 0 Å². The fourth-order valence-corrected chi connectivity index (χ4v) is 2.53. The summed E-state index contributed by atoms with van der Waals surface area (Å²) in [4.78, 5) is 2.11. The molecule has 6 heteroatoms. The molecule has 108 valence electrons. The van der Waals surface area contributed by atoms with Crippen LogP contribution in [0.3, 0.4) is 0 Å². The molecule has 1 aromatic carbocycles. The van der Waals surface area contributed by atoms with E-state index in [1.807, 2.05) is 0 Å². The molecule has 0 radical (unpaired) electrons. The Hall–Kier alpha value is -0.780. The van der Waals surface area contributed by atoms with Gasteiger partial charge in [0.25, 0.3) is 0 Å². The van der Waals surface area contributed by atoms with E-state index in [4.69, 9.17) is 0 Å². The van der Waals surface area contributed by atoms with Crippen LogP contribution >= 0.6 is 12.4 Å². The standard InChI is InChI=1S/C13H17F3N2.ClH/c1-8-5-18(6-9(2)17-8)7-10-3-11(14)13(16)12(15)4-10;/h3-4,8-9,17H,5-7H2,1-2H3;1H. The van der Waals surface area contributed by atoms with Crippen LogP contribution in [0, 0.1) is 17.5 Å². The topological polar surface area (TPSA) is 15.3 Å². The van der Waals surface area contributed by atoms with Crippen LogP contribution in [-0.4, -0.2) is 30.1 Å². The third-order valence-electron chi connectivity index (χ3n) is 3.08. The van der Waals surface area contributed by atoms with Gasteiger partial charge in [-0.3, -0.25) is 4.90 Å². The van der Waals surface area contributed by atoms with Crippen molar-refractivity contribution in [3.63, 3.8) is 0 Å². The summed E-state index contributed by atoms with van der Waals surface area (Å²) in [6.07, 6.45) is 0. The van der Waals surface area contributed by atoms with Gasteiger partial charge in [0, 0.05) is 31.7 Å². The second kappa shape index (κ2) is 6.59. The Balaban J connectivity index is 0.00000180. The smallest absolute Gasteiger partial charge is 0.194 e. The summed E-state index contributed by atoms with van der Waals surface area (Å²) in [5.41, 5.74) is 0.465. The molecule has 0 saturated carbocycles. The molecule has 1 heterocycles. The summed E-state index contributed by atoms with van der Waals surface area (Å²) in [5.74, 6) is -3.65. The Bertz CT molecular complexity index is 409. The van der Waals surface area contributed by atoms with Gasteiger partial charge in [-0.25, -0.2) is 13.2 Å². The van der Waals surface area contributed by atoms with Crippen LogP contribution < -0.4 is 5.32 Å². The number of nitrogens with zero attached hydrogens (tertiary/aromatic N) is 1. The normalized spacial score (nSPS) is 24.1. The van der Waals surface area contributed by atoms with E-state index in [9.17, 15) is 13.2 Å². The number of halogens is 4. The molecule has 1 N–H and O–H groups in total. The van der Waals surface area contributed by atoms with Crippen molar-refractivity contribution in [3.05, 3.63) is 35.1 Å². The minimum Gasteiger partial charge on any atom is -0.309 e. The minimum absolute atomic E-state index is 0. The van der Waals surface area contributed by atoms with E-state index in [2.05, 4.69) is 24.1 Å². The van der Waals surface area contributed by atoms with Crippen molar-refractivity contribution in [3.8, 4) is 0 Å². The molecule has 2 unspecified atom stereocenters. The van der Waals surface area contributed by atoms with Crippen molar-refractivity contribution in [1.82, 2.24) is 10.2 Å². The summed E-state index contributed by atoms with van der Waals surface area (Å²) in [6, 6.07) is 2.80. The zero-order chi connectivity index (χ0) is 13.3. The fraction of sp³-hybridized carbons (Fsp3) is 0.538. The highest BCUT2D eigenvalue weighted by Gasteiger charge is 2.21. The third-order valence-corrected chi connectivity index (χ3v) is 3.08. The van der Waals surface area contributed by atoms with Crippen LogP contribution in [0.2, 0.25) is 0 Å². The third kappa shape index (κ3) is 4.09.